The van der Waals surface area contributed by atoms with Crippen LogP contribution in [0, 0.1) is 0 Å². The summed E-state index contributed by atoms with van der Waals surface area (Å²) >= 11 is 0. The van der Waals surface area contributed by atoms with Crippen molar-refractivity contribution in [3.8, 4) is 0 Å². The van der Waals surface area contributed by atoms with E-state index in [1.807, 2.05) is 4.90 Å². The van der Waals surface area contributed by atoms with E-state index >= 15 is 0 Å². The number of rotatable bonds is 2. The van der Waals surface area contributed by atoms with E-state index in [1.165, 1.54) is 17.5 Å². The molecule has 116 valence electrons. The lowest BCUT2D eigenvalue weighted by atomic mass is 10.0. The number of furan rings is 1. The van der Waals surface area contributed by atoms with E-state index in [-0.39, 0.29) is 11.9 Å². The maximum atomic E-state index is 12.6. The summed E-state index contributed by atoms with van der Waals surface area (Å²) in [6.45, 7) is 4.66. The lowest BCUT2D eigenvalue weighted by Crippen LogP contribution is -2.52. The van der Waals surface area contributed by atoms with Crippen LogP contribution in [0.1, 0.15) is 30.0 Å². The third-order valence-corrected chi connectivity index (χ3v) is 5.03. The van der Waals surface area contributed by atoms with Gasteiger partial charge in [0, 0.05) is 36.6 Å². The molecule has 2 aromatic rings. The van der Waals surface area contributed by atoms with Crippen LogP contribution in [0.4, 0.5) is 0 Å². The molecular formula is C18H22N2O2. The van der Waals surface area contributed by atoms with Crippen molar-refractivity contribution in [3.63, 3.8) is 0 Å². The summed E-state index contributed by atoms with van der Waals surface area (Å²) in [5.41, 5.74) is 4.80. The minimum Gasteiger partial charge on any atom is -0.464 e. The molecule has 1 atom stereocenters. The van der Waals surface area contributed by atoms with Crippen LogP contribution in [0.3, 0.4) is 0 Å². The van der Waals surface area contributed by atoms with Crippen molar-refractivity contribution < 1.29 is 9.21 Å². The Morgan fingerprint density at radius 1 is 1.36 bits per heavy atom. The molecule has 2 heterocycles. The molecule has 4 nitrogen and oxygen atoms in total. The Balaban J connectivity index is 1.60. The summed E-state index contributed by atoms with van der Waals surface area (Å²) in [5.74, 6) is 0.206. The van der Waals surface area contributed by atoms with Gasteiger partial charge in [-0.25, -0.2) is 0 Å². The number of benzene rings is 1. The molecule has 4 rings (SSSR count). The van der Waals surface area contributed by atoms with E-state index in [9.17, 15) is 4.79 Å². The largest absolute Gasteiger partial charge is 0.464 e. The Bertz CT molecular complexity index is 719. The van der Waals surface area contributed by atoms with Crippen molar-refractivity contribution in [1.29, 1.82) is 0 Å². The molecule has 22 heavy (non-hydrogen) atoms. The number of hydrogen-bond donors (Lipinski definition) is 1. The third kappa shape index (κ3) is 2.31. The van der Waals surface area contributed by atoms with Crippen LogP contribution < -0.4 is 5.32 Å². The average molecular weight is 298 g/mol. The minimum absolute atomic E-state index is 0.206. The second kappa shape index (κ2) is 5.43. The molecule has 1 aliphatic carbocycles. The number of hydrogen-bond acceptors (Lipinski definition) is 3. The van der Waals surface area contributed by atoms with Gasteiger partial charge in [0.05, 0.1) is 12.7 Å². The molecule has 0 spiro atoms. The summed E-state index contributed by atoms with van der Waals surface area (Å²) in [7, 11) is 0. The first-order chi connectivity index (χ1) is 10.7. The fraction of sp³-hybridized carbons (Fsp3) is 0.500. The summed E-state index contributed by atoms with van der Waals surface area (Å²) in [6.07, 6.45) is 5.74. The number of aryl methyl sites for hydroxylation is 2. The van der Waals surface area contributed by atoms with Gasteiger partial charge in [0.1, 0.15) is 5.58 Å². The Hall–Kier alpha value is -1.81. The summed E-state index contributed by atoms with van der Waals surface area (Å²) in [5, 5.41) is 4.45. The Labute approximate surface area is 130 Å². The number of nitrogens with zero attached hydrogens (tertiary/aromatic N) is 1. The van der Waals surface area contributed by atoms with Crippen molar-refractivity contribution in [2.45, 2.75) is 38.6 Å². The van der Waals surface area contributed by atoms with Gasteiger partial charge in [-0.05, 0) is 49.4 Å². The molecule has 1 unspecified atom stereocenters. The van der Waals surface area contributed by atoms with E-state index in [1.54, 1.807) is 6.26 Å². The molecule has 1 amide bonds. The normalized spacial score (nSPS) is 21.3. The molecule has 1 aromatic heterocycles. The van der Waals surface area contributed by atoms with Crippen molar-refractivity contribution in [1.82, 2.24) is 10.2 Å². The van der Waals surface area contributed by atoms with Gasteiger partial charge in [-0.3, -0.25) is 4.79 Å². The van der Waals surface area contributed by atoms with E-state index in [0.717, 1.165) is 49.0 Å². The number of fused-ring (bicyclic) bond motifs is 2. The van der Waals surface area contributed by atoms with Crippen molar-refractivity contribution >= 4 is 16.9 Å². The highest BCUT2D eigenvalue weighted by atomic mass is 16.3. The van der Waals surface area contributed by atoms with Gasteiger partial charge in [0.2, 0.25) is 5.91 Å². The fourth-order valence-electron chi connectivity index (χ4n) is 3.76. The topological polar surface area (TPSA) is 45.5 Å². The van der Waals surface area contributed by atoms with Gasteiger partial charge < -0.3 is 14.6 Å². The first kappa shape index (κ1) is 13.8. The lowest BCUT2D eigenvalue weighted by molar-refractivity contribution is -0.133. The standard InChI is InChI=1S/C18H22N2O2/c1-12-10-19-5-6-20(12)18(21)9-15-11-22-17-8-14-4-2-3-13(14)7-16(15)17/h7-8,11-12,19H,2-6,9-10H2,1H3. The minimum atomic E-state index is 0.206. The van der Waals surface area contributed by atoms with Gasteiger partial charge in [-0.2, -0.15) is 0 Å². The highest BCUT2D eigenvalue weighted by molar-refractivity contribution is 5.88. The third-order valence-electron chi connectivity index (χ3n) is 5.03. The monoisotopic (exact) mass is 298 g/mol. The molecule has 1 aromatic carbocycles. The van der Waals surface area contributed by atoms with Gasteiger partial charge in [-0.1, -0.05) is 0 Å². The molecule has 0 bridgehead atoms. The molecule has 1 N–H and O–H groups in total. The molecule has 2 aliphatic rings. The highest BCUT2D eigenvalue weighted by Crippen LogP contribution is 2.30. The summed E-state index contributed by atoms with van der Waals surface area (Å²) < 4.78 is 5.71. The predicted octanol–water partition coefficient (Wildman–Crippen LogP) is 2.28. The van der Waals surface area contributed by atoms with Crippen LogP contribution in [-0.4, -0.2) is 36.5 Å². The second-order valence-electron chi connectivity index (χ2n) is 6.55. The highest BCUT2D eigenvalue weighted by Gasteiger charge is 2.24. The smallest absolute Gasteiger partial charge is 0.227 e. The lowest BCUT2D eigenvalue weighted by Gasteiger charge is -2.34. The fourth-order valence-corrected chi connectivity index (χ4v) is 3.76. The van der Waals surface area contributed by atoms with Crippen molar-refractivity contribution in [2.24, 2.45) is 0 Å². The first-order valence-corrected chi connectivity index (χ1v) is 8.24. The van der Waals surface area contributed by atoms with Gasteiger partial charge >= 0.3 is 0 Å². The van der Waals surface area contributed by atoms with Crippen molar-refractivity contribution in [3.05, 3.63) is 35.1 Å². The molecular weight excluding hydrogens is 276 g/mol. The second-order valence-corrected chi connectivity index (χ2v) is 6.55. The number of carbonyl (C=O) groups excluding carboxylic acids is 1. The van der Waals surface area contributed by atoms with Crippen LogP contribution >= 0.6 is 0 Å². The molecule has 0 radical (unpaired) electrons. The zero-order valence-corrected chi connectivity index (χ0v) is 13.0. The van der Waals surface area contributed by atoms with E-state index in [0.29, 0.717) is 6.42 Å². The van der Waals surface area contributed by atoms with Crippen LogP contribution in [0.15, 0.2) is 22.8 Å². The van der Waals surface area contributed by atoms with Gasteiger partial charge in [0.25, 0.3) is 0 Å². The Morgan fingerprint density at radius 2 is 2.18 bits per heavy atom. The number of nitrogens with one attached hydrogen (secondary N) is 1. The maximum absolute atomic E-state index is 12.6. The maximum Gasteiger partial charge on any atom is 0.227 e. The molecule has 1 aliphatic heterocycles. The van der Waals surface area contributed by atoms with Gasteiger partial charge in [-0.15, -0.1) is 0 Å². The zero-order chi connectivity index (χ0) is 15.1. The molecule has 4 heteroatoms. The summed E-state index contributed by atoms with van der Waals surface area (Å²) in [6, 6.07) is 4.67. The number of amides is 1. The van der Waals surface area contributed by atoms with Crippen LogP contribution in [0.5, 0.6) is 0 Å². The van der Waals surface area contributed by atoms with E-state index in [2.05, 4.69) is 24.4 Å². The molecule has 1 fully saturated rings. The quantitative estimate of drug-likeness (QED) is 0.925. The predicted molar refractivity (Wildman–Crippen MR) is 86.0 cm³/mol. The zero-order valence-electron chi connectivity index (χ0n) is 13.0. The Kier molecular flexibility index (Phi) is 3.41. The van der Waals surface area contributed by atoms with Crippen LogP contribution in [-0.2, 0) is 24.1 Å². The van der Waals surface area contributed by atoms with Crippen molar-refractivity contribution in [2.75, 3.05) is 19.6 Å². The van der Waals surface area contributed by atoms with E-state index < -0.39 is 0 Å². The Morgan fingerprint density at radius 3 is 3.00 bits per heavy atom. The molecule has 1 saturated heterocycles. The summed E-state index contributed by atoms with van der Waals surface area (Å²) in [4.78, 5) is 14.6. The molecule has 0 saturated carbocycles. The van der Waals surface area contributed by atoms with E-state index in [4.69, 9.17) is 4.42 Å². The number of piperazine rings is 1. The van der Waals surface area contributed by atoms with Crippen LogP contribution in [0.2, 0.25) is 0 Å². The first-order valence-electron chi connectivity index (χ1n) is 8.24. The SMILES string of the molecule is CC1CNCCN1C(=O)Cc1coc2cc3c(cc12)CCC3. The van der Waals surface area contributed by atoms with Gasteiger partial charge in [0.15, 0.2) is 0 Å². The number of carbonyl (C=O) groups is 1. The average Bonchev–Trinajstić information content (AvgIpc) is 3.12. The van der Waals surface area contributed by atoms with Crippen LogP contribution in [0.25, 0.3) is 11.0 Å².